The lowest BCUT2D eigenvalue weighted by atomic mass is 10.0. The van der Waals surface area contributed by atoms with Crippen LogP contribution in [0.3, 0.4) is 0 Å². The topological polar surface area (TPSA) is 9.23 Å². The van der Waals surface area contributed by atoms with Crippen LogP contribution in [0.15, 0.2) is 0 Å². The lowest BCUT2D eigenvalue weighted by Crippen LogP contribution is -2.17. The minimum Gasteiger partial charge on any atom is -0.246 e. The van der Waals surface area contributed by atoms with Crippen molar-refractivity contribution in [2.75, 3.05) is 0 Å². The van der Waals surface area contributed by atoms with Crippen molar-refractivity contribution in [2.45, 2.75) is 154 Å². The van der Waals surface area contributed by atoms with E-state index in [4.69, 9.17) is 3.63 Å². The van der Waals surface area contributed by atoms with Crippen molar-refractivity contribution in [1.82, 2.24) is 0 Å². The van der Waals surface area contributed by atoms with E-state index in [1.807, 2.05) is 0 Å². The zero-order chi connectivity index (χ0) is 20.4. The second-order valence-corrected chi connectivity index (χ2v) is 12.6. The third-order valence-electron chi connectivity index (χ3n) is 5.28. The molecule has 0 saturated heterocycles. The second-order valence-electron chi connectivity index (χ2n) is 9.50. The number of unbranched alkanes of at least 4 members (excludes halogenated alkanes) is 12. The van der Waals surface area contributed by atoms with Gasteiger partial charge in [-0.1, -0.05) is 104 Å². The van der Waals surface area contributed by atoms with Crippen LogP contribution in [0.4, 0.5) is 0 Å². The largest absolute Gasteiger partial charge is 0.246 e. The van der Waals surface area contributed by atoms with Crippen molar-refractivity contribution < 1.29 is 3.63 Å². The van der Waals surface area contributed by atoms with Crippen molar-refractivity contribution in [2.24, 2.45) is 0 Å². The van der Waals surface area contributed by atoms with E-state index in [0.29, 0.717) is 0 Å². The minimum atomic E-state index is 0.228. The quantitative estimate of drug-likeness (QED) is 0.144. The average molecular weight is 419 g/mol. The molecule has 164 valence electrons. The van der Waals surface area contributed by atoms with Crippen LogP contribution in [-0.4, -0.2) is 9.49 Å². The molecule has 0 aliphatic carbocycles. The first-order valence-corrected chi connectivity index (χ1v) is 13.3. The first-order valence-electron chi connectivity index (χ1n) is 11.9. The predicted molar refractivity (Wildman–Crippen MR) is 130 cm³/mol. The summed E-state index contributed by atoms with van der Waals surface area (Å²) >= 11 is 3.39. The van der Waals surface area contributed by atoms with E-state index in [1.54, 1.807) is 24.1 Å². The van der Waals surface area contributed by atoms with Gasteiger partial charge in [0.05, 0.1) is 0 Å². The van der Waals surface area contributed by atoms with Crippen LogP contribution in [-0.2, 0) is 3.63 Å². The van der Waals surface area contributed by atoms with E-state index in [9.17, 15) is 0 Å². The summed E-state index contributed by atoms with van der Waals surface area (Å²) in [7, 11) is 0. The summed E-state index contributed by atoms with van der Waals surface area (Å²) in [6.45, 7) is 13.9. The molecular formula is C24H50OS2. The Morgan fingerprint density at radius 1 is 0.481 bits per heavy atom. The Morgan fingerprint density at radius 2 is 0.778 bits per heavy atom. The minimum absolute atomic E-state index is 0.228. The van der Waals surface area contributed by atoms with Crippen molar-refractivity contribution in [3.63, 3.8) is 0 Å². The highest BCUT2D eigenvalue weighted by molar-refractivity contribution is 8.09. The summed E-state index contributed by atoms with van der Waals surface area (Å²) in [5.74, 6) is 0. The molecule has 0 radical (unpaired) electrons. The van der Waals surface area contributed by atoms with Gasteiger partial charge < -0.3 is 0 Å². The zero-order valence-electron chi connectivity index (χ0n) is 19.5. The van der Waals surface area contributed by atoms with Gasteiger partial charge in [-0.2, -0.15) is 0 Å². The normalized spacial score (nSPS) is 12.7. The zero-order valence-corrected chi connectivity index (χ0v) is 21.2. The molecule has 0 aliphatic heterocycles. The van der Waals surface area contributed by atoms with Gasteiger partial charge in [-0.25, -0.2) is 3.63 Å². The Balaban J connectivity index is 3.68. The molecule has 0 saturated carbocycles. The molecule has 0 spiro atoms. The van der Waals surface area contributed by atoms with Crippen molar-refractivity contribution in [3.8, 4) is 0 Å². The van der Waals surface area contributed by atoms with Gasteiger partial charge in [0.2, 0.25) is 0 Å². The Labute approximate surface area is 181 Å². The summed E-state index contributed by atoms with van der Waals surface area (Å²) in [4.78, 5) is 0. The number of rotatable bonds is 20. The van der Waals surface area contributed by atoms with E-state index in [-0.39, 0.29) is 9.49 Å². The molecular weight excluding hydrogens is 368 g/mol. The van der Waals surface area contributed by atoms with E-state index in [0.717, 1.165) is 0 Å². The molecule has 0 unspecified atom stereocenters. The van der Waals surface area contributed by atoms with Crippen molar-refractivity contribution in [3.05, 3.63) is 0 Å². The summed E-state index contributed by atoms with van der Waals surface area (Å²) in [5.41, 5.74) is 0. The van der Waals surface area contributed by atoms with Gasteiger partial charge in [0, 0.05) is 33.6 Å². The molecule has 27 heavy (non-hydrogen) atoms. The fraction of sp³-hybridized carbons (Fsp3) is 1.00. The molecule has 0 heterocycles. The standard InChI is InChI=1S/C24H50OS2/c1-7-9-11-13-15-17-19-21-23(3,4)26-25-27-24(5,6)22-20-18-16-14-12-10-8-2/h7-22H2,1-6H3. The monoisotopic (exact) mass is 418 g/mol. The highest BCUT2D eigenvalue weighted by Gasteiger charge is 2.24. The Morgan fingerprint density at radius 3 is 1.11 bits per heavy atom. The number of hydrogen-bond donors (Lipinski definition) is 0. The smallest absolute Gasteiger partial charge is 0.0379 e. The van der Waals surface area contributed by atoms with Crippen LogP contribution in [0.1, 0.15) is 144 Å². The van der Waals surface area contributed by atoms with Crippen LogP contribution >= 0.6 is 24.1 Å². The first kappa shape index (κ1) is 27.7. The van der Waals surface area contributed by atoms with Gasteiger partial charge in [-0.3, -0.25) is 0 Å². The Hall–Kier alpha value is 0.660. The summed E-state index contributed by atoms with van der Waals surface area (Å²) in [6, 6.07) is 0. The molecule has 0 amide bonds. The van der Waals surface area contributed by atoms with E-state index >= 15 is 0 Å². The predicted octanol–water partition coefficient (Wildman–Crippen LogP) is 10.1. The molecule has 0 rings (SSSR count). The van der Waals surface area contributed by atoms with Gasteiger partial charge in [-0.05, 0) is 40.5 Å². The molecule has 0 aromatic carbocycles. The second kappa shape index (κ2) is 17.5. The maximum atomic E-state index is 6.02. The fourth-order valence-corrected chi connectivity index (χ4v) is 5.37. The lowest BCUT2D eigenvalue weighted by Gasteiger charge is -2.26. The highest BCUT2D eigenvalue weighted by atomic mass is 32.2. The molecule has 0 aromatic rings. The molecule has 0 bridgehead atoms. The van der Waals surface area contributed by atoms with E-state index in [1.165, 1.54) is 103 Å². The van der Waals surface area contributed by atoms with E-state index in [2.05, 4.69) is 41.5 Å². The molecule has 0 aromatic heterocycles. The molecule has 0 fully saturated rings. The van der Waals surface area contributed by atoms with E-state index < -0.39 is 0 Å². The molecule has 0 N–H and O–H groups in total. The molecule has 3 heteroatoms. The van der Waals surface area contributed by atoms with Crippen LogP contribution in [0.2, 0.25) is 0 Å². The fourth-order valence-electron chi connectivity index (χ4n) is 3.30. The third kappa shape index (κ3) is 19.7. The molecule has 0 aliphatic rings. The number of hydrogen-bond acceptors (Lipinski definition) is 3. The molecule has 1 nitrogen and oxygen atoms in total. The van der Waals surface area contributed by atoms with Crippen LogP contribution in [0, 0.1) is 0 Å². The average Bonchev–Trinajstić information content (AvgIpc) is 2.59. The first-order chi connectivity index (χ1) is 12.8. The van der Waals surface area contributed by atoms with Crippen LogP contribution in [0.5, 0.6) is 0 Å². The molecule has 0 atom stereocenters. The van der Waals surface area contributed by atoms with Gasteiger partial charge in [0.25, 0.3) is 0 Å². The summed E-state index contributed by atoms with van der Waals surface area (Å²) in [5, 5.41) is 0. The maximum absolute atomic E-state index is 6.02. The maximum Gasteiger partial charge on any atom is 0.0379 e. The van der Waals surface area contributed by atoms with Gasteiger partial charge in [-0.15, -0.1) is 0 Å². The van der Waals surface area contributed by atoms with Gasteiger partial charge >= 0.3 is 0 Å². The van der Waals surface area contributed by atoms with Crippen molar-refractivity contribution >= 4 is 24.1 Å². The van der Waals surface area contributed by atoms with Crippen LogP contribution in [0.25, 0.3) is 0 Å². The van der Waals surface area contributed by atoms with Crippen LogP contribution < -0.4 is 0 Å². The van der Waals surface area contributed by atoms with Crippen molar-refractivity contribution in [1.29, 1.82) is 0 Å². The lowest BCUT2D eigenvalue weighted by molar-refractivity contribution is 0.515. The van der Waals surface area contributed by atoms with Gasteiger partial charge in [0.1, 0.15) is 0 Å². The SMILES string of the molecule is CCCCCCCCCC(C)(C)SOSC(C)(C)CCCCCCCCC. The highest BCUT2D eigenvalue weighted by Crippen LogP contribution is 2.40. The Bertz CT molecular complexity index is 286. The summed E-state index contributed by atoms with van der Waals surface area (Å²) < 4.78 is 6.47. The Kier molecular flexibility index (Phi) is 17.9. The summed E-state index contributed by atoms with van der Waals surface area (Å²) in [6.07, 6.45) is 21.9. The van der Waals surface area contributed by atoms with Gasteiger partial charge in [0.15, 0.2) is 0 Å². The third-order valence-corrected chi connectivity index (χ3v) is 7.14.